The highest BCUT2D eigenvalue weighted by Gasteiger charge is 2.38. The van der Waals surface area contributed by atoms with Crippen LogP contribution in [0.5, 0.6) is 0 Å². The van der Waals surface area contributed by atoms with Crippen LogP contribution in [0, 0.1) is 0 Å². The number of aromatic nitrogens is 1. The number of carbonyl (C=O) groups excluding carboxylic acids is 1. The Balaban J connectivity index is 1.28. The summed E-state index contributed by atoms with van der Waals surface area (Å²) in [5.41, 5.74) is 0.773. The molecule has 0 saturated carbocycles. The van der Waals surface area contributed by atoms with Gasteiger partial charge in [-0.05, 0) is 62.3 Å². The number of amides is 1. The fourth-order valence-electron chi connectivity index (χ4n) is 4.69. The van der Waals surface area contributed by atoms with Gasteiger partial charge in [-0.25, -0.2) is 14.2 Å². The van der Waals surface area contributed by atoms with E-state index in [0.29, 0.717) is 32.4 Å². The van der Waals surface area contributed by atoms with E-state index in [9.17, 15) is 14.7 Å². The number of nitrogens with one attached hydrogen (secondary N) is 2. The van der Waals surface area contributed by atoms with E-state index >= 15 is 4.39 Å². The fourth-order valence-corrected chi connectivity index (χ4v) is 5.26. The standard InChI is InChI=1S/C25H29Cl2FN4O3/c26-18-4-1-5-19(27)21(18)23(33)31-20(24(34)35)9-13-32-14-11-25(28,15-32)10-8-17-7-6-16-3-2-12-29-22(16)30-17/h1,4-7,20H,2-3,8-15H2,(H,29,30)(H,31,33)(H,34,35). The number of alkyl halides is 1. The average molecular weight is 523 g/mol. The summed E-state index contributed by atoms with van der Waals surface area (Å²) in [5, 5.41) is 15.7. The lowest BCUT2D eigenvalue weighted by Gasteiger charge is -2.23. The number of anilines is 1. The molecule has 2 aromatic rings. The van der Waals surface area contributed by atoms with E-state index in [4.69, 9.17) is 23.2 Å². The first-order valence-electron chi connectivity index (χ1n) is 11.9. The third-order valence-corrected chi connectivity index (χ3v) is 7.32. The smallest absolute Gasteiger partial charge is 0.326 e. The SMILES string of the molecule is O=C(NC(CCN1CCC(F)(CCc2ccc3c(n2)NCCC3)C1)C(=O)O)c1c(Cl)cccc1Cl. The second-order valence-electron chi connectivity index (χ2n) is 9.27. The average Bonchev–Trinajstić information content (AvgIpc) is 3.21. The van der Waals surface area contributed by atoms with Gasteiger partial charge in [0, 0.05) is 31.9 Å². The summed E-state index contributed by atoms with van der Waals surface area (Å²) in [7, 11) is 0. The van der Waals surface area contributed by atoms with E-state index in [1.165, 1.54) is 17.7 Å². The molecule has 0 radical (unpaired) electrons. The summed E-state index contributed by atoms with van der Waals surface area (Å²) >= 11 is 12.1. The molecule has 0 bridgehead atoms. The molecule has 1 aromatic carbocycles. The lowest BCUT2D eigenvalue weighted by atomic mass is 9.97. The van der Waals surface area contributed by atoms with Crippen molar-refractivity contribution in [1.29, 1.82) is 0 Å². The first-order valence-corrected chi connectivity index (χ1v) is 12.6. The Labute approximate surface area is 214 Å². The van der Waals surface area contributed by atoms with Crippen LogP contribution in [0.3, 0.4) is 0 Å². The Morgan fingerprint density at radius 1 is 1.26 bits per heavy atom. The summed E-state index contributed by atoms with van der Waals surface area (Å²) in [6, 6.07) is 7.54. The molecule has 3 N–H and O–H groups in total. The van der Waals surface area contributed by atoms with Crippen molar-refractivity contribution in [2.24, 2.45) is 0 Å². The predicted molar refractivity (Wildman–Crippen MR) is 134 cm³/mol. The van der Waals surface area contributed by atoms with Gasteiger partial charge in [-0.2, -0.15) is 0 Å². The summed E-state index contributed by atoms with van der Waals surface area (Å²) in [5.74, 6) is -0.907. The highest BCUT2D eigenvalue weighted by molar-refractivity contribution is 6.39. The van der Waals surface area contributed by atoms with Gasteiger partial charge in [0.15, 0.2) is 0 Å². The van der Waals surface area contributed by atoms with Crippen molar-refractivity contribution in [3.8, 4) is 0 Å². The first-order chi connectivity index (χ1) is 16.7. The molecule has 7 nitrogen and oxygen atoms in total. The quantitative estimate of drug-likeness (QED) is 0.452. The van der Waals surface area contributed by atoms with E-state index in [2.05, 4.69) is 21.7 Å². The van der Waals surface area contributed by atoms with Crippen LogP contribution >= 0.6 is 23.2 Å². The van der Waals surface area contributed by atoms with E-state index < -0.39 is 23.6 Å². The Hall–Kier alpha value is -2.42. The topological polar surface area (TPSA) is 94.6 Å². The van der Waals surface area contributed by atoms with Gasteiger partial charge in [0.25, 0.3) is 5.91 Å². The molecule has 1 saturated heterocycles. The van der Waals surface area contributed by atoms with Gasteiger partial charge in [0.2, 0.25) is 0 Å². The van der Waals surface area contributed by atoms with Gasteiger partial charge in [-0.1, -0.05) is 35.3 Å². The van der Waals surface area contributed by atoms with Crippen molar-refractivity contribution < 1.29 is 19.1 Å². The van der Waals surface area contributed by atoms with E-state index in [0.717, 1.165) is 30.9 Å². The van der Waals surface area contributed by atoms with Gasteiger partial charge < -0.3 is 15.7 Å². The molecular weight excluding hydrogens is 494 g/mol. The summed E-state index contributed by atoms with van der Waals surface area (Å²) < 4.78 is 15.5. The Morgan fingerprint density at radius 3 is 2.77 bits per heavy atom. The molecule has 35 heavy (non-hydrogen) atoms. The van der Waals surface area contributed by atoms with Crippen LogP contribution in [-0.2, 0) is 17.6 Å². The third-order valence-electron chi connectivity index (χ3n) is 6.69. The second-order valence-corrected chi connectivity index (χ2v) is 10.1. The number of aryl methyl sites for hydroxylation is 2. The van der Waals surface area contributed by atoms with Gasteiger partial charge >= 0.3 is 5.97 Å². The van der Waals surface area contributed by atoms with Crippen LogP contribution in [0.15, 0.2) is 30.3 Å². The Bertz CT molecular complexity index is 1080. The fraction of sp³-hybridized carbons (Fsp3) is 0.480. The number of pyridine rings is 1. The second kappa shape index (κ2) is 11.1. The predicted octanol–water partition coefficient (Wildman–Crippen LogP) is 4.37. The van der Waals surface area contributed by atoms with E-state index in [1.54, 1.807) is 6.07 Å². The van der Waals surface area contributed by atoms with Crippen molar-refractivity contribution >= 4 is 40.9 Å². The largest absolute Gasteiger partial charge is 0.480 e. The molecule has 1 fully saturated rings. The molecule has 10 heteroatoms. The van der Waals surface area contributed by atoms with Gasteiger partial charge in [0.1, 0.15) is 17.5 Å². The minimum absolute atomic E-state index is 0.0389. The van der Waals surface area contributed by atoms with Crippen molar-refractivity contribution in [2.45, 2.75) is 50.2 Å². The lowest BCUT2D eigenvalue weighted by Crippen LogP contribution is -2.43. The van der Waals surface area contributed by atoms with Crippen molar-refractivity contribution in [3.05, 3.63) is 57.2 Å². The number of carboxylic acid groups (broad SMARTS) is 1. The first kappa shape index (κ1) is 25.7. The molecule has 3 heterocycles. The molecule has 2 atom stereocenters. The molecule has 1 amide bonds. The highest BCUT2D eigenvalue weighted by atomic mass is 35.5. The van der Waals surface area contributed by atoms with E-state index in [1.807, 2.05) is 11.0 Å². The number of benzene rings is 1. The normalized spacial score (nSPS) is 20.7. The van der Waals surface area contributed by atoms with Gasteiger partial charge in [0.05, 0.1) is 15.6 Å². The number of hydrogen-bond donors (Lipinski definition) is 3. The zero-order chi connectivity index (χ0) is 25.0. The number of likely N-dealkylation sites (tertiary alicyclic amines) is 1. The number of rotatable bonds is 9. The number of aliphatic carboxylic acids is 1. The lowest BCUT2D eigenvalue weighted by molar-refractivity contribution is -0.139. The minimum atomic E-state index is -1.35. The molecular formula is C25H29Cl2FN4O3. The molecule has 2 aliphatic heterocycles. The van der Waals surface area contributed by atoms with Crippen LogP contribution < -0.4 is 10.6 Å². The number of carboxylic acids is 1. The number of carbonyl (C=O) groups is 2. The maximum absolute atomic E-state index is 15.5. The molecule has 1 aromatic heterocycles. The highest BCUT2D eigenvalue weighted by Crippen LogP contribution is 2.31. The maximum Gasteiger partial charge on any atom is 0.326 e. The molecule has 2 aliphatic rings. The third kappa shape index (κ3) is 6.42. The monoisotopic (exact) mass is 522 g/mol. The van der Waals surface area contributed by atoms with Gasteiger partial charge in [-0.3, -0.25) is 9.69 Å². The number of hydrogen-bond acceptors (Lipinski definition) is 5. The number of halogens is 3. The van der Waals surface area contributed by atoms with Crippen LogP contribution in [0.2, 0.25) is 10.0 Å². The Kier molecular flexibility index (Phi) is 8.14. The zero-order valence-electron chi connectivity index (χ0n) is 19.3. The minimum Gasteiger partial charge on any atom is -0.480 e. The Morgan fingerprint density at radius 2 is 2.03 bits per heavy atom. The van der Waals surface area contributed by atoms with Crippen LogP contribution in [-0.4, -0.2) is 64.8 Å². The van der Waals surface area contributed by atoms with E-state index in [-0.39, 0.29) is 28.6 Å². The molecule has 4 rings (SSSR count). The number of nitrogens with zero attached hydrogens (tertiary/aromatic N) is 2. The van der Waals surface area contributed by atoms with Crippen LogP contribution in [0.4, 0.5) is 10.2 Å². The molecule has 2 unspecified atom stereocenters. The van der Waals surface area contributed by atoms with Crippen LogP contribution in [0.25, 0.3) is 0 Å². The molecule has 0 aliphatic carbocycles. The summed E-state index contributed by atoms with van der Waals surface area (Å²) in [6.45, 7) is 2.02. The molecule has 188 valence electrons. The summed E-state index contributed by atoms with van der Waals surface area (Å²) in [4.78, 5) is 30.9. The maximum atomic E-state index is 15.5. The van der Waals surface area contributed by atoms with Crippen molar-refractivity contribution in [3.63, 3.8) is 0 Å². The van der Waals surface area contributed by atoms with Crippen molar-refractivity contribution in [2.75, 3.05) is 31.5 Å². The van der Waals surface area contributed by atoms with Crippen molar-refractivity contribution in [1.82, 2.24) is 15.2 Å². The zero-order valence-corrected chi connectivity index (χ0v) is 20.8. The van der Waals surface area contributed by atoms with Crippen LogP contribution in [0.1, 0.15) is 47.3 Å². The molecule has 0 spiro atoms. The van der Waals surface area contributed by atoms with Gasteiger partial charge in [-0.15, -0.1) is 0 Å². The number of fused-ring (bicyclic) bond motifs is 1. The summed E-state index contributed by atoms with van der Waals surface area (Å²) in [6.07, 6.45) is 3.54.